The summed E-state index contributed by atoms with van der Waals surface area (Å²) in [5.41, 5.74) is 5.24. The zero-order chi connectivity index (χ0) is 28.4. The highest BCUT2D eigenvalue weighted by Gasteiger charge is 2.36. The van der Waals surface area contributed by atoms with Gasteiger partial charge in [-0.15, -0.1) is 0 Å². The summed E-state index contributed by atoms with van der Waals surface area (Å²) in [5, 5.41) is 0. The summed E-state index contributed by atoms with van der Waals surface area (Å²) >= 11 is 0. The fourth-order valence-electron chi connectivity index (χ4n) is 3.24. The molecule has 0 aliphatic heterocycles. The van der Waals surface area contributed by atoms with E-state index in [0.29, 0.717) is 18.4 Å². The van der Waals surface area contributed by atoms with Crippen molar-refractivity contribution in [2.24, 2.45) is 23.0 Å². The molecule has 208 valence electrons. The average Bonchev–Trinajstić information content (AvgIpc) is 2.82. The summed E-state index contributed by atoms with van der Waals surface area (Å²) in [6, 6.07) is 4.67. The lowest BCUT2D eigenvalue weighted by atomic mass is 9.88. The summed E-state index contributed by atoms with van der Waals surface area (Å²) < 4.78 is 21.3. The van der Waals surface area contributed by atoms with Crippen molar-refractivity contribution < 1.29 is 38.1 Å². The third-order valence-electron chi connectivity index (χ3n) is 6.06. The second-order valence-corrected chi connectivity index (χ2v) is 10.8. The molecular weight excluding hydrogens is 478 g/mol. The summed E-state index contributed by atoms with van der Waals surface area (Å²) in [6.45, 7) is 12.9. The molecule has 1 aromatic rings. The van der Waals surface area contributed by atoms with Gasteiger partial charge < -0.3 is 24.7 Å². The molecule has 0 saturated heterocycles. The first-order valence-electron chi connectivity index (χ1n) is 12.7. The van der Waals surface area contributed by atoms with Gasteiger partial charge in [0.05, 0.1) is 32.0 Å². The van der Waals surface area contributed by atoms with Crippen molar-refractivity contribution in [3.63, 3.8) is 0 Å². The smallest absolute Gasteiger partial charge is 0.326 e. The fraction of sp³-hybridized carbons (Fsp3) is 0.643. The van der Waals surface area contributed by atoms with Crippen LogP contribution in [0, 0.1) is 17.3 Å². The maximum Gasteiger partial charge on any atom is 0.326 e. The van der Waals surface area contributed by atoms with E-state index in [9.17, 15) is 19.2 Å². The average molecular weight is 522 g/mol. The number of ether oxygens (including phenoxy) is 4. The minimum atomic E-state index is -1.51. The van der Waals surface area contributed by atoms with Crippen molar-refractivity contribution in [2.45, 2.75) is 86.1 Å². The monoisotopic (exact) mass is 521 g/mol. The van der Waals surface area contributed by atoms with Gasteiger partial charge in [-0.1, -0.05) is 54.5 Å². The minimum Gasteiger partial charge on any atom is -0.468 e. The first-order valence-corrected chi connectivity index (χ1v) is 12.7. The van der Waals surface area contributed by atoms with E-state index in [2.05, 4.69) is 0 Å². The van der Waals surface area contributed by atoms with Gasteiger partial charge in [-0.3, -0.25) is 19.2 Å². The largest absolute Gasteiger partial charge is 0.468 e. The van der Waals surface area contributed by atoms with Crippen LogP contribution in [0.15, 0.2) is 18.2 Å². The van der Waals surface area contributed by atoms with Crippen molar-refractivity contribution in [2.75, 3.05) is 13.7 Å². The van der Waals surface area contributed by atoms with Gasteiger partial charge in [-0.05, 0) is 36.0 Å². The number of rotatable bonds is 13. The Balaban J connectivity index is 3.20. The third kappa shape index (κ3) is 10.5. The van der Waals surface area contributed by atoms with Crippen molar-refractivity contribution >= 4 is 23.9 Å². The Labute approximate surface area is 220 Å². The van der Waals surface area contributed by atoms with Crippen molar-refractivity contribution in [1.29, 1.82) is 0 Å². The lowest BCUT2D eigenvalue weighted by Gasteiger charge is -2.27. The molecule has 37 heavy (non-hydrogen) atoms. The lowest BCUT2D eigenvalue weighted by Crippen LogP contribution is -2.51. The summed E-state index contributed by atoms with van der Waals surface area (Å²) in [7, 11) is 1.23. The van der Waals surface area contributed by atoms with E-state index in [1.165, 1.54) is 19.2 Å². The van der Waals surface area contributed by atoms with Crippen LogP contribution in [-0.4, -0.2) is 43.1 Å². The van der Waals surface area contributed by atoms with Crippen molar-refractivity contribution in [3.8, 4) is 11.5 Å². The summed E-state index contributed by atoms with van der Waals surface area (Å²) in [5.74, 6) is -2.53. The predicted molar refractivity (Wildman–Crippen MR) is 139 cm³/mol. The molecule has 9 heteroatoms. The van der Waals surface area contributed by atoms with Crippen LogP contribution in [0.2, 0.25) is 0 Å². The van der Waals surface area contributed by atoms with E-state index in [1.54, 1.807) is 19.9 Å². The van der Waals surface area contributed by atoms with Crippen LogP contribution in [0.4, 0.5) is 0 Å². The Morgan fingerprint density at radius 2 is 1.46 bits per heavy atom. The molecule has 0 aliphatic carbocycles. The van der Waals surface area contributed by atoms with E-state index in [1.807, 2.05) is 34.6 Å². The van der Waals surface area contributed by atoms with Crippen LogP contribution in [0.25, 0.3) is 0 Å². The molecule has 0 amide bonds. The van der Waals surface area contributed by atoms with Crippen LogP contribution in [0.3, 0.4) is 0 Å². The molecule has 1 rings (SSSR count). The van der Waals surface area contributed by atoms with Crippen LogP contribution in [-0.2, 0) is 35.1 Å². The van der Waals surface area contributed by atoms with Crippen LogP contribution < -0.4 is 15.2 Å². The maximum absolute atomic E-state index is 12.6. The fourth-order valence-corrected chi connectivity index (χ4v) is 3.24. The molecule has 0 saturated carbocycles. The van der Waals surface area contributed by atoms with E-state index in [0.717, 1.165) is 0 Å². The van der Waals surface area contributed by atoms with Gasteiger partial charge in [0.2, 0.25) is 0 Å². The number of esters is 4. The van der Waals surface area contributed by atoms with Crippen LogP contribution in [0.1, 0.15) is 79.7 Å². The van der Waals surface area contributed by atoms with Gasteiger partial charge >= 0.3 is 23.9 Å². The Morgan fingerprint density at radius 3 is 1.95 bits per heavy atom. The SMILES string of the molecule is CCC(C)C(=O)Oc1ccc(C[C@](N)(CCOC(=O)CC(C)(C)C)C(=O)OC)cc1OC(=O)C(C)CC. The molecule has 0 radical (unpaired) electrons. The predicted octanol–water partition coefficient (Wildman–Crippen LogP) is 4.37. The number of carbonyl (C=O) groups is 4. The molecule has 0 spiro atoms. The molecule has 0 aromatic heterocycles. The number of carbonyl (C=O) groups excluding carboxylic acids is 4. The summed E-state index contributed by atoms with van der Waals surface area (Å²) in [4.78, 5) is 49.6. The Kier molecular flexibility index (Phi) is 12.2. The molecule has 0 bridgehead atoms. The molecule has 2 N–H and O–H groups in total. The molecule has 0 fully saturated rings. The Morgan fingerprint density at radius 1 is 0.919 bits per heavy atom. The van der Waals surface area contributed by atoms with Gasteiger partial charge in [0, 0.05) is 12.8 Å². The zero-order valence-electron chi connectivity index (χ0n) is 23.5. The van der Waals surface area contributed by atoms with E-state index < -0.39 is 23.4 Å². The van der Waals surface area contributed by atoms with Crippen LogP contribution >= 0.6 is 0 Å². The normalized spacial score (nSPS) is 14.6. The number of nitrogens with two attached hydrogens (primary N) is 1. The number of methoxy groups -OCH3 is 1. The van der Waals surface area contributed by atoms with Gasteiger partial charge in [-0.25, -0.2) is 0 Å². The zero-order valence-corrected chi connectivity index (χ0v) is 23.5. The van der Waals surface area contributed by atoms with Crippen molar-refractivity contribution in [3.05, 3.63) is 23.8 Å². The highest BCUT2D eigenvalue weighted by Crippen LogP contribution is 2.32. The third-order valence-corrected chi connectivity index (χ3v) is 6.06. The van der Waals surface area contributed by atoms with Gasteiger partial charge in [-0.2, -0.15) is 0 Å². The second-order valence-electron chi connectivity index (χ2n) is 10.8. The maximum atomic E-state index is 12.6. The Bertz CT molecular complexity index is 952. The molecular formula is C28H43NO8. The lowest BCUT2D eigenvalue weighted by molar-refractivity contribution is -0.152. The highest BCUT2D eigenvalue weighted by molar-refractivity contribution is 5.81. The van der Waals surface area contributed by atoms with Gasteiger partial charge in [0.15, 0.2) is 11.5 Å². The second kappa shape index (κ2) is 14.1. The molecule has 1 aromatic carbocycles. The van der Waals surface area contributed by atoms with Gasteiger partial charge in [0.1, 0.15) is 5.54 Å². The molecule has 9 nitrogen and oxygen atoms in total. The van der Waals surface area contributed by atoms with Crippen LogP contribution in [0.5, 0.6) is 11.5 Å². The molecule has 0 aliphatic rings. The number of hydrogen-bond donors (Lipinski definition) is 1. The quantitative estimate of drug-likeness (QED) is 0.297. The highest BCUT2D eigenvalue weighted by atomic mass is 16.6. The molecule has 2 unspecified atom stereocenters. The van der Waals surface area contributed by atoms with E-state index in [4.69, 9.17) is 24.7 Å². The standard InChI is InChI=1S/C28H43NO8/c1-9-18(3)24(31)36-21-12-11-20(15-22(21)37-25(32)19(4)10-2)16-28(29,26(33)34-8)13-14-35-23(30)17-27(5,6)7/h11-12,15,18-19H,9-10,13-14,16-17,29H2,1-8H3/t18?,19?,28-/m1/s1. The van der Waals surface area contributed by atoms with E-state index >= 15 is 0 Å². The first-order chi connectivity index (χ1) is 17.2. The van der Waals surface area contributed by atoms with Gasteiger partial charge in [0.25, 0.3) is 0 Å². The number of benzene rings is 1. The summed E-state index contributed by atoms with van der Waals surface area (Å²) in [6.07, 6.45) is 1.41. The topological polar surface area (TPSA) is 131 Å². The molecule has 3 atom stereocenters. The van der Waals surface area contributed by atoms with E-state index in [-0.39, 0.29) is 60.6 Å². The minimum absolute atomic E-state index is 0.00393. The Hall–Kier alpha value is -2.94. The number of hydrogen-bond acceptors (Lipinski definition) is 9. The molecule has 0 heterocycles. The first kappa shape index (κ1) is 32.1. The van der Waals surface area contributed by atoms with Crippen molar-refractivity contribution in [1.82, 2.24) is 0 Å².